The fourth-order valence-electron chi connectivity index (χ4n) is 2.72. The van der Waals surface area contributed by atoms with Crippen molar-refractivity contribution in [3.63, 3.8) is 0 Å². The molecule has 0 atom stereocenters. The molecular formula is C20H20N2O3S. The van der Waals surface area contributed by atoms with E-state index in [1.54, 1.807) is 24.3 Å². The molecular weight excluding hydrogens is 348 g/mol. The van der Waals surface area contributed by atoms with Gasteiger partial charge in [0.2, 0.25) is 0 Å². The number of aryl methyl sites for hydroxylation is 2. The van der Waals surface area contributed by atoms with E-state index < -0.39 is 0 Å². The summed E-state index contributed by atoms with van der Waals surface area (Å²) in [6.07, 6.45) is 1.58. The molecule has 1 aliphatic heterocycles. The number of hydrogen-bond acceptors (Lipinski definition) is 4. The van der Waals surface area contributed by atoms with Crippen molar-refractivity contribution >= 4 is 35.0 Å². The zero-order valence-electron chi connectivity index (χ0n) is 14.9. The summed E-state index contributed by atoms with van der Waals surface area (Å²) in [4.78, 5) is 14.3. The Morgan fingerprint density at radius 1 is 1.23 bits per heavy atom. The number of aromatic hydroxyl groups is 1. The van der Waals surface area contributed by atoms with Gasteiger partial charge in [0.25, 0.3) is 5.91 Å². The molecule has 1 saturated heterocycles. The van der Waals surface area contributed by atoms with Crippen LogP contribution in [0.3, 0.4) is 0 Å². The van der Waals surface area contributed by atoms with Crippen LogP contribution < -0.4 is 15.0 Å². The van der Waals surface area contributed by atoms with Crippen LogP contribution in [0.25, 0.3) is 6.08 Å². The number of phenols is 1. The molecule has 2 aromatic carbocycles. The quantitative estimate of drug-likeness (QED) is 0.637. The first-order chi connectivity index (χ1) is 12.4. The van der Waals surface area contributed by atoms with Crippen LogP contribution in [0, 0.1) is 13.8 Å². The number of para-hydroxylation sites is 1. The number of nitrogens with one attached hydrogen (secondary N) is 1. The number of anilines is 1. The molecule has 0 unspecified atom stereocenters. The van der Waals surface area contributed by atoms with E-state index in [1.807, 2.05) is 39.0 Å². The van der Waals surface area contributed by atoms with Crippen molar-refractivity contribution in [1.82, 2.24) is 5.32 Å². The third kappa shape index (κ3) is 3.28. The van der Waals surface area contributed by atoms with Crippen LogP contribution in [0.1, 0.15) is 23.6 Å². The summed E-state index contributed by atoms with van der Waals surface area (Å²) in [5.74, 6) is 0.104. The van der Waals surface area contributed by atoms with Crippen LogP contribution in [0.15, 0.2) is 42.1 Å². The Morgan fingerprint density at radius 3 is 2.69 bits per heavy atom. The van der Waals surface area contributed by atoms with Crippen LogP contribution in [-0.4, -0.2) is 22.7 Å². The predicted molar refractivity (Wildman–Crippen MR) is 106 cm³/mol. The van der Waals surface area contributed by atoms with Crippen molar-refractivity contribution < 1.29 is 14.6 Å². The van der Waals surface area contributed by atoms with Gasteiger partial charge in [0.15, 0.2) is 16.6 Å². The van der Waals surface area contributed by atoms with E-state index in [-0.39, 0.29) is 11.7 Å². The normalized spacial score (nSPS) is 15.5. The summed E-state index contributed by atoms with van der Waals surface area (Å²) in [7, 11) is 0. The Labute approximate surface area is 157 Å². The highest BCUT2D eigenvalue weighted by Crippen LogP contribution is 2.32. The second kappa shape index (κ2) is 7.17. The van der Waals surface area contributed by atoms with Gasteiger partial charge in [0.05, 0.1) is 12.3 Å². The Kier molecular flexibility index (Phi) is 4.95. The van der Waals surface area contributed by atoms with E-state index in [9.17, 15) is 9.90 Å². The van der Waals surface area contributed by atoms with E-state index >= 15 is 0 Å². The van der Waals surface area contributed by atoms with Gasteiger partial charge in [-0.15, -0.1) is 0 Å². The van der Waals surface area contributed by atoms with E-state index in [0.29, 0.717) is 34.4 Å². The molecule has 6 heteroatoms. The lowest BCUT2D eigenvalue weighted by Crippen LogP contribution is -2.30. The number of ether oxygens (including phenoxy) is 1. The number of amides is 1. The largest absolute Gasteiger partial charge is 0.504 e. The molecule has 5 nitrogen and oxygen atoms in total. The monoisotopic (exact) mass is 368 g/mol. The van der Waals surface area contributed by atoms with E-state index in [2.05, 4.69) is 5.32 Å². The maximum atomic E-state index is 12.8. The molecule has 0 aliphatic carbocycles. The first-order valence-corrected chi connectivity index (χ1v) is 8.72. The molecule has 134 valence electrons. The lowest BCUT2D eigenvalue weighted by Gasteiger charge is -2.15. The second-order valence-corrected chi connectivity index (χ2v) is 6.41. The van der Waals surface area contributed by atoms with Gasteiger partial charge in [0, 0.05) is 5.56 Å². The fraction of sp³-hybridized carbons (Fsp3) is 0.200. The molecule has 0 bridgehead atoms. The van der Waals surface area contributed by atoms with E-state index in [1.165, 1.54) is 4.90 Å². The van der Waals surface area contributed by atoms with Gasteiger partial charge in [-0.3, -0.25) is 9.69 Å². The Bertz CT molecular complexity index is 921. The lowest BCUT2D eigenvalue weighted by atomic mass is 10.1. The van der Waals surface area contributed by atoms with Gasteiger partial charge in [0.1, 0.15) is 5.70 Å². The van der Waals surface area contributed by atoms with Gasteiger partial charge >= 0.3 is 0 Å². The van der Waals surface area contributed by atoms with Crippen LogP contribution in [0.2, 0.25) is 0 Å². The minimum absolute atomic E-state index is 0.00741. The molecule has 1 amide bonds. The summed E-state index contributed by atoms with van der Waals surface area (Å²) in [5.41, 5.74) is 3.73. The molecule has 2 aromatic rings. The summed E-state index contributed by atoms with van der Waals surface area (Å²) in [6.45, 7) is 6.28. The van der Waals surface area contributed by atoms with Crippen molar-refractivity contribution in [2.24, 2.45) is 0 Å². The minimum Gasteiger partial charge on any atom is -0.504 e. The highest BCUT2D eigenvalue weighted by Gasteiger charge is 2.32. The first kappa shape index (κ1) is 17.9. The maximum Gasteiger partial charge on any atom is 0.281 e. The van der Waals surface area contributed by atoms with Gasteiger partial charge in [-0.1, -0.05) is 18.2 Å². The number of carbonyl (C=O) groups excluding carboxylic acids is 1. The number of hydrogen-bond donors (Lipinski definition) is 2. The molecule has 3 rings (SSSR count). The van der Waals surface area contributed by atoms with Crippen LogP contribution in [0.5, 0.6) is 11.5 Å². The highest BCUT2D eigenvalue weighted by molar-refractivity contribution is 7.80. The van der Waals surface area contributed by atoms with E-state index in [0.717, 1.165) is 11.1 Å². The molecule has 0 saturated carbocycles. The second-order valence-electron chi connectivity index (χ2n) is 6.02. The van der Waals surface area contributed by atoms with Crippen molar-refractivity contribution in [3.05, 3.63) is 58.8 Å². The Hall–Kier alpha value is -2.86. The number of benzene rings is 2. The highest BCUT2D eigenvalue weighted by atomic mass is 32.1. The lowest BCUT2D eigenvalue weighted by molar-refractivity contribution is -0.113. The first-order valence-electron chi connectivity index (χ1n) is 8.31. The maximum absolute atomic E-state index is 12.8. The summed E-state index contributed by atoms with van der Waals surface area (Å²) < 4.78 is 5.38. The molecule has 0 aromatic heterocycles. The average Bonchev–Trinajstić information content (AvgIpc) is 2.88. The third-order valence-corrected chi connectivity index (χ3v) is 4.54. The average molecular weight is 368 g/mol. The Balaban J connectivity index is 1.95. The van der Waals surface area contributed by atoms with Crippen molar-refractivity contribution in [3.8, 4) is 11.5 Å². The molecule has 1 aliphatic rings. The van der Waals surface area contributed by atoms with Crippen molar-refractivity contribution in [1.29, 1.82) is 0 Å². The molecule has 1 heterocycles. The van der Waals surface area contributed by atoms with Gasteiger partial charge in [-0.25, -0.2) is 0 Å². The van der Waals surface area contributed by atoms with Crippen LogP contribution in [0.4, 0.5) is 5.69 Å². The molecule has 0 radical (unpaired) electrons. The zero-order chi connectivity index (χ0) is 18.8. The standard InChI is InChI=1S/C20H20N2O3S/c1-4-25-17-7-5-6-14(18(17)23)11-16-19(24)22(20(26)21-16)15-9-8-12(2)13(3)10-15/h5-11,23H,4H2,1-3H3,(H,21,26)/b16-11+. The topological polar surface area (TPSA) is 61.8 Å². The summed E-state index contributed by atoms with van der Waals surface area (Å²) >= 11 is 5.34. The van der Waals surface area contributed by atoms with Gasteiger partial charge < -0.3 is 15.2 Å². The van der Waals surface area contributed by atoms with Crippen LogP contribution >= 0.6 is 12.2 Å². The number of phenolic OH excluding ortho intramolecular Hbond substituents is 1. The molecule has 0 spiro atoms. The van der Waals surface area contributed by atoms with Gasteiger partial charge in [-0.05, 0) is 68.4 Å². The summed E-state index contributed by atoms with van der Waals surface area (Å²) in [5, 5.41) is 13.6. The van der Waals surface area contributed by atoms with Gasteiger partial charge in [-0.2, -0.15) is 0 Å². The summed E-state index contributed by atoms with van der Waals surface area (Å²) in [6, 6.07) is 10.9. The predicted octanol–water partition coefficient (Wildman–Crippen LogP) is 3.67. The zero-order valence-corrected chi connectivity index (χ0v) is 15.7. The molecule has 26 heavy (non-hydrogen) atoms. The number of thiocarbonyl (C=S) groups is 1. The van der Waals surface area contributed by atoms with E-state index in [4.69, 9.17) is 17.0 Å². The fourth-order valence-corrected chi connectivity index (χ4v) is 3.02. The molecule has 2 N–H and O–H groups in total. The minimum atomic E-state index is -0.264. The number of carbonyl (C=O) groups is 1. The Morgan fingerprint density at radius 2 is 2.00 bits per heavy atom. The molecule has 1 fully saturated rings. The van der Waals surface area contributed by atoms with Crippen LogP contribution in [-0.2, 0) is 4.79 Å². The number of rotatable bonds is 4. The number of nitrogens with zero attached hydrogens (tertiary/aromatic N) is 1. The SMILES string of the molecule is CCOc1cccc(/C=C2/NC(=S)N(c3ccc(C)c(C)c3)C2=O)c1O. The third-order valence-electron chi connectivity index (χ3n) is 4.26. The van der Waals surface area contributed by atoms with Crippen molar-refractivity contribution in [2.75, 3.05) is 11.5 Å². The smallest absolute Gasteiger partial charge is 0.281 e. The van der Waals surface area contributed by atoms with Crippen molar-refractivity contribution in [2.45, 2.75) is 20.8 Å².